The molecule has 3 saturated carbocycles. The van der Waals surface area contributed by atoms with Gasteiger partial charge in [0.15, 0.2) is 0 Å². The number of halogens is 1. The van der Waals surface area contributed by atoms with Gasteiger partial charge in [-0.3, -0.25) is 0 Å². The lowest BCUT2D eigenvalue weighted by Gasteiger charge is -2.57. The number of rotatable bonds is 0. The van der Waals surface area contributed by atoms with Crippen LogP contribution in [0.25, 0.3) is 0 Å². The van der Waals surface area contributed by atoms with Gasteiger partial charge >= 0.3 is 0 Å². The molecule has 0 spiro atoms. The molecular formula is C19H29FO2. The van der Waals surface area contributed by atoms with E-state index >= 15 is 0 Å². The van der Waals surface area contributed by atoms with Crippen molar-refractivity contribution in [3.63, 3.8) is 0 Å². The first-order chi connectivity index (χ1) is 10.3. The maximum atomic E-state index is 14.7. The normalized spacial score (nSPS) is 57.6. The maximum Gasteiger partial charge on any atom is 0.215 e. The van der Waals surface area contributed by atoms with Crippen LogP contribution in [-0.2, 0) is 0 Å². The summed E-state index contributed by atoms with van der Waals surface area (Å²) in [4.78, 5) is 0. The summed E-state index contributed by atoms with van der Waals surface area (Å²) in [7, 11) is 0. The Kier molecular flexibility index (Phi) is 3.14. The van der Waals surface area contributed by atoms with Crippen LogP contribution in [0.2, 0.25) is 0 Å². The van der Waals surface area contributed by atoms with E-state index in [1.165, 1.54) is 25.7 Å². The predicted octanol–water partition coefficient (Wildman–Crippen LogP) is 3.97. The van der Waals surface area contributed by atoms with E-state index in [4.69, 9.17) is 0 Å². The number of fused-ring (bicyclic) bond motifs is 5. The van der Waals surface area contributed by atoms with E-state index in [1.54, 1.807) is 5.57 Å². The fraction of sp³-hybridized carbons (Fsp3) is 0.895. The van der Waals surface area contributed by atoms with E-state index in [0.717, 1.165) is 12.8 Å². The molecule has 2 unspecified atom stereocenters. The second-order valence-corrected chi connectivity index (χ2v) is 8.87. The first kappa shape index (κ1) is 15.1. The van der Waals surface area contributed by atoms with Crippen molar-refractivity contribution in [3.05, 3.63) is 11.6 Å². The number of alkyl halides is 1. The summed E-state index contributed by atoms with van der Waals surface area (Å²) < 4.78 is 14.7. The van der Waals surface area contributed by atoms with Crippen LogP contribution in [0.15, 0.2) is 11.6 Å². The first-order valence-corrected chi connectivity index (χ1v) is 9.08. The molecule has 4 aliphatic rings. The zero-order valence-electron chi connectivity index (χ0n) is 13.8. The highest BCUT2D eigenvalue weighted by atomic mass is 19.2. The summed E-state index contributed by atoms with van der Waals surface area (Å²) in [6.45, 7) is 4.27. The first-order valence-electron chi connectivity index (χ1n) is 9.08. The molecule has 0 heterocycles. The Labute approximate surface area is 132 Å². The molecule has 2 N–H and O–H groups in total. The van der Waals surface area contributed by atoms with Crippen LogP contribution in [0, 0.1) is 28.6 Å². The van der Waals surface area contributed by atoms with Gasteiger partial charge in [0.25, 0.3) is 0 Å². The van der Waals surface area contributed by atoms with Crippen molar-refractivity contribution in [2.24, 2.45) is 28.6 Å². The third kappa shape index (κ3) is 1.73. The van der Waals surface area contributed by atoms with Gasteiger partial charge in [-0.2, -0.15) is 0 Å². The minimum Gasteiger partial charge on any atom is -0.393 e. The van der Waals surface area contributed by atoms with Crippen LogP contribution >= 0.6 is 0 Å². The molecule has 3 fully saturated rings. The van der Waals surface area contributed by atoms with Crippen molar-refractivity contribution < 1.29 is 14.6 Å². The van der Waals surface area contributed by atoms with Gasteiger partial charge in [0, 0.05) is 11.8 Å². The van der Waals surface area contributed by atoms with E-state index < -0.39 is 17.4 Å². The molecule has 3 heteroatoms. The quantitative estimate of drug-likeness (QED) is 0.665. The topological polar surface area (TPSA) is 40.5 Å². The van der Waals surface area contributed by atoms with Crippen molar-refractivity contribution in [1.82, 2.24) is 0 Å². The van der Waals surface area contributed by atoms with Gasteiger partial charge in [-0.05, 0) is 61.7 Å². The molecular weight excluding hydrogens is 279 g/mol. The largest absolute Gasteiger partial charge is 0.393 e. The van der Waals surface area contributed by atoms with Gasteiger partial charge in [-0.15, -0.1) is 0 Å². The minimum atomic E-state index is -2.21. The highest BCUT2D eigenvalue weighted by Gasteiger charge is 2.67. The average Bonchev–Trinajstić information content (AvgIpc) is 2.63. The molecule has 124 valence electrons. The fourth-order valence-electron chi connectivity index (χ4n) is 6.75. The molecule has 0 radical (unpaired) electrons. The zero-order valence-corrected chi connectivity index (χ0v) is 13.8. The lowest BCUT2D eigenvalue weighted by atomic mass is 9.47. The summed E-state index contributed by atoms with van der Waals surface area (Å²) in [6, 6.07) is 0. The van der Waals surface area contributed by atoms with Crippen molar-refractivity contribution in [3.8, 4) is 0 Å². The Hall–Kier alpha value is -0.410. The van der Waals surface area contributed by atoms with E-state index in [0.29, 0.717) is 18.3 Å². The van der Waals surface area contributed by atoms with Crippen molar-refractivity contribution >= 4 is 0 Å². The highest BCUT2D eigenvalue weighted by molar-refractivity contribution is 5.25. The van der Waals surface area contributed by atoms with Crippen LogP contribution in [0.4, 0.5) is 4.39 Å². The third-order valence-electron chi connectivity index (χ3n) is 8.04. The van der Waals surface area contributed by atoms with Gasteiger partial charge in [0.1, 0.15) is 0 Å². The summed E-state index contributed by atoms with van der Waals surface area (Å²) in [5.74, 6) is -1.43. The van der Waals surface area contributed by atoms with Gasteiger partial charge in [0.05, 0.1) is 6.10 Å². The van der Waals surface area contributed by atoms with E-state index in [2.05, 4.69) is 13.0 Å². The van der Waals surface area contributed by atoms with Crippen molar-refractivity contribution in [2.45, 2.75) is 77.2 Å². The monoisotopic (exact) mass is 308 g/mol. The van der Waals surface area contributed by atoms with Crippen LogP contribution in [0.3, 0.4) is 0 Å². The summed E-state index contributed by atoms with van der Waals surface area (Å²) in [6.07, 6.45) is 9.28. The van der Waals surface area contributed by atoms with Crippen LogP contribution in [0.1, 0.15) is 65.2 Å². The minimum absolute atomic E-state index is 0.0993. The van der Waals surface area contributed by atoms with Gasteiger partial charge < -0.3 is 10.2 Å². The molecule has 2 nitrogen and oxygen atoms in total. The SMILES string of the molecule is C[C@]12CCCCC1=CC[C@@H]1[C@H]2CC[C@@]2(C)[C@H]1C(O)CC2(O)F. The lowest BCUT2D eigenvalue weighted by molar-refractivity contribution is -0.197. The molecule has 0 amide bonds. The van der Waals surface area contributed by atoms with Crippen molar-refractivity contribution in [1.29, 1.82) is 0 Å². The average molecular weight is 308 g/mol. The Morgan fingerprint density at radius 1 is 1.23 bits per heavy atom. The maximum absolute atomic E-state index is 14.7. The fourth-order valence-corrected chi connectivity index (χ4v) is 6.75. The summed E-state index contributed by atoms with van der Waals surface area (Å²) >= 11 is 0. The Bertz CT molecular complexity index is 514. The zero-order chi connectivity index (χ0) is 15.8. The second kappa shape index (κ2) is 4.57. The Morgan fingerprint density at radius 2 is 2.00 bits per heavy atom. The highest BCUT2D eigenvalue weighted by Crippen LogP contribution is 2.67. The number of aliphatic hydroxyl groups excluding tert-OH is 1. The Morgan fingerprint density at radius 3 is 2.77 bits per heavy atom. The number of hydrogen-bond donors (Lipinski definition) is 2. The molecule has 4 rings (SSSR count). The molecule has 4 aliphatic carbocycles. The Balaban J connectivity index is 1.74. The smallest absolute Gasteiger partial charge is 0.215 e. The molecule has 22 heavy (non-hydrogen) atoms. The van der Waals surface area contributed by atoms with Crippen molar-refractivity contribution in [2.75, 3.05) is 0 Å². The number of aliphatic hydroxyl groups is 2. The van der Waals surface area contributed by atoms with E-state index in [-0.39, 0.29) is 17.8 Å². The molecule has 0 aromatic heterocycles. The van der Waals surface area contributed by atoms with E-state index in [9.17, 15) is 14.6 Å². The van der Waals surface area contributed by atoms with E-state index in [1.807, 2.05) is 6.92 Å². The van der Waals surface area contributed by atoms with Gasteiger partial charge in [-0.25, -0.2) is 4.39 Å². The second-order valence-electron chi connectivity index (χ2n) is 8.87. The number of hydrogen-bond acceptors (Lipinski definition) is 2. The van der Waals surface area contributed by atoms with Crippen LogP contribution in [-0.4, -0.2) is 22.2 Å². The number of allylic oxidation sites excluding steroid dienone is 2. The molecule has 0 bridgehead atoms. The molecule has 7 atom stereocenters. The molecule has 0 aromatic rings. The molecule has 0 aliphatic heterocycles. The molecule has 0 aromatic carbocycles. The summed E-state index contributed by atoms with van der Waals surface area (Å²) in [5, 5.41) is 20.8. The lowest BCUT2D eigenvalue weighted by Crippen LogP contribution is -2.54. The van der Waals surface area contributed by atoms with Crippen LogP contribution in [0.5, 0.6) is 0 Å². The van der Waals surface area contributed by atoms with Gasteiger partial charge in [-0.1, -0.05) is 31.9 Å². The van der Waals surface area contributed by atoms with Gasteiger partial charge in [0.2, 0.25) is 5.85 Å². The standard InChI is InChI=1S/C19H29FO2/c1-17-9-4-3-5-12(17)6-7-13-14(17)8-10-18(2)16(13)15(21)11-19(18,20)22/h6,13-16,21-22H,3-5,7-11H2,1-2H3/t13-,14-,15?,16-,17+,18+,19?/m1/s1. The predicted molar refractivity (Wildman–Crippen MR) is 83.8 cm³/mol. The molecule has 0 saturated heterocycles. The van der Waals surface area contributed by atoms with Crippen LogP contribution < -0.4 is 0 Å². The third-order valence-corrected chi connectivity index (χ3v) is 8.04. The summed E-state index contributed by atoms with van der Waals surface area (Å²) in [5.41, 5.74) is 1.09.